The fraction of sp³-hybridized carbons (Fsp3) is 0.412. The molecule has 1 aromatic carbocycles. The molecule has 1 aliphatic rings. The summed E-state index contributed by atoms with van der Waals surface area (Å²) in [5, 5.41) is 2.76. The monoisotopic (exact) mass is 381 g/mol. The van der Waals surface area contributed by atoms with Crippen molar-refractivity contribution in [1.82, 2.24) is 9.62 Å². The second-order valence-electron chi connectivity index (χ2n) is 6.72. The van der Waals surface area contributed by atoms with Crippen molar-refractivity contribution >= 4 is 21.8 Å². The van der Waals surface area contributed by atoms with Gasteiger partial charge in [-0.1, -0.05) is 0 Å². The molecule has 2 rings (SSSR count). The molecule has 0 radical (unpaired) electrons. The van der Waals surface area contributed by atoms with E-state index in [2.05, 4.69) is 9.71 Å². The highest BCUT2D eigenvalue weighted by molar-refractivity contribution is 7.88. The third kappa shape index (κ3) is 4.16. The first-order valence-corrected chi connectivity index (χ1v) is 9.23. The van der Waals surface area contributed by atoms with E-state index in [-0.39, 0.29) is 11.4 Å². The summed E-state index contributed by atoms with van der Waals surface area (Å²) in [4.78, 5) is 12.6. The van der Waals surface area contributed by atoms with Gasteiger partial charge in [-0.15, -0.1) is 4.40 Å². The molecule has 26 heavy (non-hydrogen) atoms. The van der Waals surface area contributed by atoms with Crippen LogP contribution < -0.4 is 14.8 Å². The molecule has 0 aromatic heterocycles. The Morgan fingerprint density at radius 3 is 2.38 bits per heavy atom. The van der Waals surface area contributed by atoms with Crippen LogP contribution >= 0.6 is 0 Å². The third-order valence-electron chi connectivity index (χ3n) is 3.58. The fourth-order valence-corrected chi connectivity index (χ4v) is 3.22. The van der Waals surface area contributed by atoms with Gasteiger partial charge in [-0.05, 0) is 45.0 Å². The van der Waals surface area contributed by atoms with Gasteiger partial charge in [0, 0.05) is 18.2 Å². The van der Waals surface area contributed by atoms with Crippen molar-refractivity contribution in [2.75, 3.05) is 21.3 Å². The van der Waals surface area contributed by atoms with E-state index < -0.39 is 21.7 Å². The van der Waals surface area contributed by atoms with Crippen LogP contribution in [0.15, 0.2) is 34.4 Å². The molecule has 0 spiro atoms. The SMILES string of the molecule is COc1ccc(OC)c(C2=NS(=O)(=O)N(C)C(C(=O)NC(C)(C)C)=C2)c1. The maximum Gasteiger partial charge on any atom is 0.345 e. The van der Waals surface area contributed by atoms with E-state index in [1.54, 1.807) is 18.2 Å². The molecule has 0 saturated carbocycles. The number of benzene rings is 1. The van der Waals surface area contributed by atoms with Crippen LogP contribution in [0.2, 0.25) is 0 Å². The zero-order chi connectivity index (χ0) is 19.7. The number of nitrogens with zero attached hydrogens (tertiary/aromatic N) is 2. The molecule has 0 atom stereocenters. The molecule has 1 N–H and O–H groups in total. The molecule has 9 heteroatoms. The Bertz CT molecular complexity index is 882. The van der Waals surface area contributed by atoms with Crippen LogP contribution in [0.25, 0.3) is 0 Å². The van der Waals surface area contributed by atoms with Crippen LogP contribution in [0.3, 0.4) is 0 Å². The molecule has 1 amide bonds. The number of ether oxygens (including phenoxy) is 2. The molecular weight excluding hydrogens is 358 g/mol. The van der Waals surface area contributed by atoms with Gasteiger partial charge >= 0.3 is 10.2 Å². The van der Waals surface area contributed by atoms with Crippen molar-refractivity contribution in [1.29, 1.82) is 0 Å². The number of allylic oxidation sites excluding steroid dienone is 1. The first kappa shape index (κ1) is 19.8. The van der Waals surface area contributed by atoms with Crippen molar-refractivity contribution in [2.45, 2.75) is 26.3 Å². The van der Waals surface area contributed by atoms with Crippen molar-refractivity contribution in [3.8, 4) is 11.5 Å². The predicted molar refractivity (Wildman–Crippen MR) is 98.7 cm³/mol. The molecule has 0 unspecified atom stereocenters. The van der Waals surface area contributed by atoms with E-state index in [0.29, 0.717) is 17.1 Å². The number of likely N-dealkylation sites (N-methyl/N-ethyl adjacent to an activating group) is 1. The lowest BCUT2D eigenvalue weighted by atomic mass is 10.1. The van der Waals surface area contributed by atoms with Crippen LogP contribution in [0, 0.1) is 0 Å². The molecule has 0 fully saturated rings. The number of carbonyl (C=O) groups is 1. The molecular formula is C17H23N3O5S. The van der Waals surface area contributed by atoms with Crippen molar-refractivity contribution < 1.29 is 22.7 Å². The van der Waals surface area contributed by atoms with E-state index in [0.717, 1.165) is 4.31 Å². The van der Waals surface area contributed by atoms with Crippen molar-refractivity contribution in [3.63, 3.8) is 0 Å². The van der Waals surface area contributed by atoms with Gasteiger partial charge in [-0.25, -0.2) is 4.31 Å². The Kier molecular flexibility index (Phi) is 5.31. The number of hydrogen-bond acceptors (Lipinski definition) is 5. The number of carbonyl (C=O) groups excluding carboxylic acids is 1. The number of hydrogen-bond donors (Lipinski definition) is 1. The minimum Gasteiger partial charge on any atom is -0.497 e. The molecule has 1 aromatic rings. The average Bonchev–Trinajstić information content (AvgIpc) is 2.54. The Morgan fingerprint density at radius 2 is 1.85 bits per heavy atom. The van der Waals surface area contributed by atoms with Crippen LogP contribution in [-0.2, 0) is 15.0 Å². The minimum absolute atomic E-state index is 0.0326. The normalized spacial score (nSPS) is 16.5. The summed E-state index contributed by atoms with van der Waals surface area (Å²) in [6.45, 7) is 5.43. The number of amides is 1. The summed E-state index contributed by atoms with van der Waals surface area (Å²) in [6, 6.07) is 4.93. The smallest absolute Gasteiger partial charge is 0.345 e. The van der Waals surface area contributed by atoms with E-state index in [1.807, 2.05) is 20.8 Å². The number of rotatable bonds is 4. The zero-order valence-corrected chi connectivity index (χ0v) is 16.5. The van der Waals surface area contributed by atoms with E-state index in [1.165, 1.54) is 27.3 Å². The maximum atomic E-state index is 12.6. The fourth-order valence-electron chi connectivity index (χ4n) is 2.31. The summed E-state index contributed by atoms with van der Waals surface area (Å²) in [5.74, 6) is 0.405. The Morgan fingerprint density at radius 1 is 1.19 bits per heavy atom. The number of methoxy groups -OCH3 is 2. The molecule has 0 saturated heterocycles. The first-order chi connectivity index (χ1) is 12.0. The highest BCUT2D eigenvalue weighted by Crippen LogP contribution is 2.28. The van der Waals surface area contributed by atoms with Crippen LogP contribution in [-0.4, -0.2) is 51.1 Å². The highest BCUT2D eigenvalue weighted by atomic mass is 32.2. The molecule has 8 nitrogen and oxygen atoms in total. The van der Waals surface area contributed by atoms with Gasteiger partial charge < -0.3 is 14.8 Å². The maximum absolute atomic E-state index is 12.6. The highest BCUT2D eigenvalue weighted by Gasteiger charge is 2.32. The van der Waals surface area contributed by atoms with Gasteiger partial charge in [-0.2, -0.15) is 8.42 Å². The standard InChI is InChI=1S/C17H23N3O5S/c1-17(2,3)18-16(21)14-10-13(19-26(22,23)20(14)4)12-9-11(24-5)7-8-15(12)25-6/h7-10H,1-6H3,(H,18,21). The van der Waals surface area contributed by atoms with E-state index in [4.69, 9.17) is 9.47 Å². The quantitative estimate of drug-likeness (QED) is 0.852. The zero-order valence-electron chi connectivity index (χ0n) is 15.7. The van der Waals surface area contributed by atoms with Gasteiger partial charge in [0.05, 0.1) is 19.9 Å². The Balaban J connectivity index is 2.60. The predicted octanol–water partition coefficient (Wildman–Crippen LogP) is 1.48. The topological polar surface area (TPSA) is 97.3 Å². The summed E-state index contributed by atoms with van der Waals surface area (Å²) in [5.41, 5.74) is -0.0532. The second-order valence-corrected chi connectivity index (χ2v) is 8.35. The van der Waals surface area contributed by atoms with Gasteiger partial charge in [0.15, 0.2) is 0 Å². The summed E-state index contributed by atoms with van der Waals surface area (Å²) in [6.07, 6.45) is 1.42. The molecule has 0 aliphatic carbocycles. The van der Waals surface area contributed by atoms with Gasteiger partial charge in [0.2, 0.25) is 0 Å². The van der Waals surface area contributed by atoms with Gasteiger partial charge in [0.25, 0.3) is 5.91 Å². The average molecular weight is 381 g/mol. The van der Waals surface area contributed by atoms with Crippen LogP contribution in [0.1, 0.15) is 26.3 Å². The van der Waals surface area contributed by atoms with Crippen molar-refractivity contribution in [2.24, 2.45) is 4.40 Å². The molecule has 0 bridgehead atoms. The summed E-state index contributed by atoms with van der Waals surface area (Å²) >= 11 is 0. The second kappa shape index (κ2) is 6.99. The van der Waals surface area contributed by atoms with Crippen LogP contribution in [0.5, 0.6) is 11.5 Å². The Hall–Kier alpha value is -2.55. The number of nitrogens with one attached hydrogen (secondary N) is 1. The van der Waals surface area contributed by atoms with Crippen molar-refractivity contribution in [3.05, 3.63) is 35.5 Å². The largest absolute Gasteiger partial charge is 0.497 e. The Labute approximate surface area is 153 Å². The first-order valence-electron chi connectivity index (χ1n) is 7.84. The lowest BCUT2D eigenvalue weighted by Gasteiger charge is -2.27. The molecule has 142 valence electrons. The van der Waals surface area contributed by atoms with E-state index in [9.17, 15) is 13.2 Å². The molecule has 1 aliphatic heterocycles. The summed E-state index contributed by atoms with van der Waals surface area (Å²) in [7, 11) is 0.188. The van der Waals surface area contributed by atoms with Crippen LogP contribution in [0.4, 0.5) is 0 Å². The lowest BCUT2D eigenvalue weighted by Crippen LogP contribution is -2.45. The lowest BCUT2D eigenvalue weighted by molar-refractivity contribution is -0.119. The summed E-state index contributed by atoms with van der Waals surface area (Å²) < 4.78 is 40.0. The minimum atomic E-state index is -4.06. The third-order valence-corrected chi connectivity index (χ3v) is 4.89. The van der Waals surface area contributed by atoms with E-state index >= 15 is 0 Å². The van der Waals surface area contributed by atoms with Gasteiger partial charge in [-0.3, -0.25) is 4.79 Å². The van der Waals surface area contributed by atoms with Gasteiger partial charge in [0.1, 0.15) is 17.2 Å². The molecule has 1 heterocycles.